The summed E-state index contributed by atoms with van der Waals surface area (Å²) < 4.78 is 9.12. The summed E-state index contributed by atoms with van der Waals surface area (Å²) in [5, 5.41) is 2.33. The number of benzene rings is 1. The van der Waals surface area contributed by atoms with E-state index < -0.39 is 22.7 Å². The van der Waals surface area contributed by atoms with Crippen molar-refractivity contribution >= 4 is 46.7 Å². The molecule has 108 valence electrons. The van der Waals surface area contributed by atoms with Gasteiger partial charge in [-0.2, -0.15) is 0 Å². The minimum Gasteiger partial charge on any atom is -0.465 e. The lowest BCUT2D eigenvalue weighted by Crippen LogP contribution is -2.21. The van der Waals surface area contributed by atoms with E-state index in [0.29, 0.717) is 0 Å². The van der Waals surface area contributed by atoms with Crippen LogP contribution in [0.15, 0.2) is 18.2 Å². The molecule has 0 aliphatic rings. The largest absolute Gasteiger partial charge is 0.465 e. The summed E-state index contributed by atoms with van der Waals surface area (Å²) in [4.78, 5) is 33.2. The van der Waals surface area contributed by atoms with Crippen molar-refractivity contribution in [2.45, 2.75) is 4.84 Å². The molecule has 1 aromatic carbocycles. The van der Waals surface area contributed by atoms with Gasteiger partial charge in [-0.1, -0.05) is 23.2 Å². The average Bonchev–Trinajstić information content (AvgIpc) is 2.45. The normalized spacial score (nSPS) is 10.1. The van der Waals surface area contributed by atoms with Crippen molar-refractivity contribution in [3.63, 3.8) is 0 Å². The fraction of sp³-hybridized carbons (Fsp3) is 0.250. The van der Waals surface area contributed by atoms with E-state index in [-0.39, 0.29) is 16.8 Å². The minimum absolute atomic E-state index is 0.0519. The number of rotatable bonds is 4. The second-order valence-corrected chi connectivity index (χ2v) is 4.63. The molecule has 1 rings (SSSR count). The summed E-state index contributed by atoms with van der Waals surface area (Å²) in [7, 11) is 2.40. The van der Waals surface area contributed by atoms with Crippen LogP contribution in [0.3, 0.4) is 0 Å². The average molecular weight is 320 g/mol. The second-order valence-electron chi connectivity index (χ2n) is 3.53. The molecule has 6 nitrogen and oxygen atoms in total. The highest BCUT2D eigenvalue weighted by Crippen LogP contribution is 2.21. The molecular formula is C12H11Cl2NO5. The number of esters is 2. The highest BCUT2D eigenvalue weighted by molar-refractivity contribution is 6.54. The Kier molecular flexibility index (Phi) is 5.79. The highest BCUT2D eigenvalue weighted by Gasteiger charge is 2.19. The first-order chi connectivity index (χ1) is 9.40. The molecular weight excluding hydrogens is 309 g/mol. The van der Waals surface area contributed by atoms with Crippen LogP contribution in [0.1, 0.15) is 20.7 Å². The van der Waals surface area contributed by atoms with Gasteiger partial charge >= 0.3 is 11.9 Å². The SMILES string of the molecule is COC(=O)c1ccc(C(=O)OC)c(NC(=O)C(Cl)Cl)c1. The number of nitrogens with one attached hydrogen (secondary N) is 1. The number of alkyl halides is 2. The van der Waals surface area contributed by atoms with Crippen molar-refractivity contribution in [3.8, 4) is 0 Å². The molecule has 0 aliphatic carbocycles. The third-order valence-corrected chi connectivity index (χ3v) is 2.70. The molecule has 0 heterocycles. The van der Waals surface area contributed by atoms with E-state index in [1.165, 1.54) is 32.4 Å². The van der Waals surface area contributed by atoms with Gasteiger partial charge in [-0.3, -0.25) is 4.79 Å². The van der Waals surface area contributed by atoms with E-state index in [9.17, 15) is 14.4 Å². The van der Waals surface area contributed by atoms with Crippen LogP contribution in [0.4, 0.5) is 5.69 Å². The van der Waals surface area contributed by atoms with Crippen LogP contribution in [-0.2, 0) is 14.3 Å². The van der Waals surface area contributed by atoms with Gasteiger partial charge in [-0.15, -0.1) is 0 Å². The van der Waals surface area contributed by atoms with Crippen LogP contribution >= 0.6 is 23.2 Å². The van der Waals surface area contributed by atoms with Gasteiger partial charge in [-0.05, 0) is 18.2 Å². The number of hydrogen-bond acceptors (Lipinski definition) is 5. The first-order valence-corrected chi connectivity index (χ1v) is 6.17. The number of anilines is 1. The second kappa shape index (κ2) is 7.12. The third kappa shape index (κ3) is 3.85. The Hall–Kier alpha value is -1.79. The molecule has 0 spiro atoms. The van der Waals surface area contributed by atoms with Gasteiger partial charge in [-0.25, -0.2) is 9.59 Å². The van der Waals surface area contributed by atoms with Crippen LogP contribution in [0.25, 0.3) is 0 Å². The van der Waals surface area contributed by atoms with Crippen LogP contribution in [0, 0.1) is 0 Å². The molecule has 1 N–H and O–H groups in total. The van der Waals surface area contributed by atoms with Crippen LogP contribution in [0.5, 0.6) is 0 Å². The maximum Gasteiger partial charge on any atom is 0.339 e. The molecule has 8 heteroatoms. The van der Waals surface area contributed by atoms with Gasteiger partial charge in [0.25, 0.3) is 5.91 Å². The Labute approximate surface area is 124 Å². The Morgan fingerprint density at radius 2 is 1.70 bits per heavy atom. The molecule has 20 heavy (non-hydrogen) atoms. The Morgan fingerprint density at radius 1 is 1.10 bits per heavy atom. The number of hydrogen-bond donors (Lipinski definition) is 1. The number of carbonyl (C=O) groups excluding carboxylic acids is 3. The standard InChI is InChI=1S/C12H11Cl2NO5/c1-19-11(17)6-3-4-7(12(18)20-2)8(5-6)15-10(16)9(13)14/h3-5,9H,1-2H3,(H,15,16). The molecule has 0 radical (unpaired) electrons. The summed E-state index contributed by atoms with van der Waals surface area (Å²) in [6.07, 6.45) is 0. The number of methoxy groups -OCH3 is 2. The molecule has 0 unspecified atom stereocenters. The van der Waals surface area contributed by atoms with Crippen LogP contribution in [0.2, 0.25) is 0 Å². The van der Waals surface area contributed by atoms with Crippen molar-refractivity contribution in [2.75, 3.05) is 19.5 Å². The minimum atomic E-state index is -1.32. The van der Waals surface area contributed by atoms with Crippen molar-refractivity contribution in [2.24, 2.45) is 0 Å². The molecule has 0 fully saturated rings. The lowest BCUT2D eigenvalue weighted by Gasteiger charge is -2.11. The van der Waals surface area contributed by atoms with Gasteiger partial charge in [0.1, 0.15) is 0 Å². The predicted molar refractivity (Wildman–Crippen MR) is 73.2 cm³/mol. The predicted octanol–water partition coefficient (Wildman–Crippen LogP) is 2.00. The first kappa shape index (κ1) is 16.3. The van der Waals surface area contributed by atoms with Gasteiger partial charge in [0.15, 0.2) is 4.84 Å². The third-order valence-electron chi connectivity index (χ3n) is 2.30. The summed E-state index contributed by atoms with van der Waals surface area (Å²) >= 11 is 10.8. The number of carbonyl (C=O) groups is 3. The fourth-order valence-corrected chi connectivity index (χ4v) is 1.48. The highest BCUT2D eigenvalue weighted by atomic mass is 35.5. The molecule has 1 amide bonds. The van der Waals surface area contributed by atoms with Crippen molar-refractivity contribution in [1.29, 1.82) is 0 Å². The zero-order valence-electron chi connectivity index (χ0n) is 10.6. The van der Waals surface area contributed by atoms with E-state index in [1.807, 2.05) is 0 Å². The lowest BCUT2D eigenvalue weighted by atomic mass is 10.1. The smallest absolute Gasteiger partial charge is 0.339 e. The summed E-state index contributed by atoms with van der Waals surface area (Å²) in [6.45, 7) is 0. The summed E-state index contributed by atoms with van der Waals surface area (Å²) in [5.74, 6) is -2.04. The van der Waals surface area contributed by atoms with Gasteiger partial charge in [0.05, 0.1) is 31.0 Å². The molecule has 0 atom stereocenters. The molecule has 0 bridgehead atoms. The van der Waals surface area contributed by atoms with Crippen molar-refractivity contribution < 1.29 is 23.9 Å². The lowest BCUT2D eigenvalue weighted by molar-refractivity contribution is -0.114. The number of ether oxygens (including phenoxy) is 2. The number of halogens is 2. The van der Waals surface area contributed by atoms with E-state index in [2.05, 4.69) is 14.8 Å². The zero-order chi connectivity index (χ0) is 15.3. The quantitative estimate of drug-likeness (QED) is 0.678. The maximum atomic E-state index is 11.6. The summed E-state index contributed by atoms with van der Waals surface area (Å²) in [6, 6.07) is 3.96. The molecule has 0 saturated carbocycles. The molecule has 0 saturated heterocycles. The Morgan fingerprint density at radius 3 is 2.20 bits per heavy atom. The first-order valence-electron chi connectivity index (χ1n) is 5.30. The van der Waals surface area contributed by atoms with Crippen LogP contribution in [-0.4, -0.2) is 36.9 Å². The summed E-state index contributed by atoms with van der Waals surface area (Å²) in [5.41, 5.74) is 0.259. The monoisotopic (exact) mass is 319 g/mol. The van der Waals surface area contributed by atoms with E-state index in [1.54, 1.807) is 0 Å². The van der Waals surface area contributed by atoms with Gasteiger partial charge in [0, 0.05) is 0 Å². The Balaban J connectivity index is 3.22. The molecule has 0 aliphatic heterocycles. The molecule has 0 aromatic heterocycles. The van der Waals surface area contributed by atoms with Crippen molar-refractivity contribution in [3.05, 3.63) is 29.3 Å². The fourth-order valence-electron chi connectivity index (χ4n) is 1.37. The van der Waals surface area contributed by atoms with E-state index in [4.69, 9.17) is 23.2 Å². The van der Waals surface area contributed by atoms with Crippen molar-refractivity contribution in [1.82, 2.24) is 0 Å². The zero-order valence-corrected chi connectivity index (χ0v) is 12.1. The van der Waals surface area contributed by atoms with Gasteiger partial charge in [0.2, 0.25) is 0 Å². The van der Waals surface area contributed by atoms with E-state index >= 15 is 0 Å². The van der Waals surface area contributed by atoms with Crippen LogP contribution < -0.4 is 5.32 Å². The number of amides is 1. The Bertz CT molecular complexity index is 545. The van der Waals surface area contributed by atoms with Gasteiger partial charge < -0.3 is 14.8 Å². The molecule has 1 aromatic rings. The van der Waals surface area contributed by atoms with E-state index in [0.717, 1.165) is 0 Å². The topological polar surface area (TPSA) is 81.7 Å². The maximum absolute atomic E-state index is 11.6.